The van der Waals surface area contributed by atoms with Gasteiger partial charge in [-0.3, -0.25) is 10.2 Å². The predicted octanol–water partition coefficient (Wildman–Crippen LogP) is 2.38. The molecule has 1 heterocycles. The van der Waals surface area contributed by atoms with Crippen LogP contribution in [0.2, 0.25) is 0 Å². The molecule has 0 bridgehead atoms. The minimum absolute atomic E-state index is 0.403. The standard InChI is InChI=1S/C15H17NO2.CH4N2O/c1-16-14-6-2-5-13(11-7-8-11)15(14)18-10-12-4-3-9-17-12;2-3-1-4/h2-6,9,11,16H,7-8,10H2,1H3;1H,2H2,(H,3,4). The van der Waals surface area contributed by atoms with Gasteiger partial charge in [0, 0.05) is 7.05 Å². The lowest BCUT2D eigenvalue weighted by Gasteiger charge is -2.14. The lowest BCUT2D eigenvalue weighted by Crippen LogP contribution is -2.18. The molecule has 0 radical (unpaired) electrons. The second kappa shape index (κ2) is 8.09. The molecule has 6 nitrogen and oxygen atoms in total. The summed E-state index contributed by atoms with van der Waals surface area (Å²) in [6, 6.07) is 10.1. The summed E-state index contributed by atoms with van der Waals surface area (Å²) in [6.45, 7) is 0.478. The second-order valence-corrected chi connectivity index (χ2v) is 4.90. The topological polar surface area (TPSA) is 89.5 Å². The number of carbonyl (C=O) groups excluding carboxylic acids is 1. The zero-order valence-electron chi connectivity index (χ0n) is 12.5. The highest BCUT2D eigenvalue weighted by Gasteiger charge is 2.27. The van der Waals surface area contributed by atoms with Crippen LogP contribution in [0.3, 0.4) is 0 Å². The maximum absolute atomic E-state index is 8.94. The van der Waals surface area contributed by atoms with Crippen molar-refractivity contribution in [3.05, 3.63) is 47.9 Å². The van der Waals surface area contributed by atoms with Gasteiger partial charge in [0.15, 0.2) is 0 Å². The number of carbonyl (C=O) groups is 1. The van der Waals surface area contributed by atoms with Gasteiger partial charge in [-0.05, 0) is 42.5 Å². The van der Waals surface area contributed by atoms with Crippen molar-refractivity contribution >= 4 is 12.1 Å². The Hall–Kier alpha value is -2.47. The first-order chi connectivity index (χ1) is 10.8. The van der Waals surface area contributed by atoms with Crippen LogP contribution >= 0.6 is 0 Å². The van der Waals surface area contributed by atoms with Crippen LogP contribution in [-0.2, 0) is 11.4 Å². The van der Waals surface area contributed by atoms with Gasteiger partial charge in [0.25, 0.3) is 0 Å². The maximum Gasteiger partial charge on any atom is 0.221 e. The summed E-state index contributed by atoms with van der Waals surface area (Å²) in [6.07, 6.45) is 4.61. The molecule has 1 amide bonds. The van der Waals surface area contributed by atoms with E-state index >= 15 is 0 Å². The molecular weight excluding hydrogens is 282 g/mol. The summed E-state index contributed by atoms with van der Waals surface area (Å²) in [5, 5.41) is 3.19. The Labute approximate surface area is 129 Å². The number of furan rings is 1. The molecule has 0 atom stereocenters. The number of benzene rings is 1. The van der Waals surface area contributed by atoms with Gasteiger partial charge in [-0.15, -0.1) is 0 Å². The quantitative estimate of drug-likeness (QED) is 0.330. The number of anilines is 1. The lowest BCUT2D eigenvalue weighted by molar-refractivity contribution is -0.109. The molecule has 118 valence electrons. The zero-order valence-corrected chi connectivity index (χ0v) is 12.5. The molecule has 1 aliphatic rings. The molecule has 0 saturated heterocycles. The smallest absolute Gasteiger partial charge is 0.221 e. The minimum Gasteiger partial charge on any atom is -0.483 e. The van der Waals surface area contributed by atoms with Crippen LogP contribution in [0.15, 0.2) is 41.0 Å². The summed E-state index contributed by atoms with van der Waals surface area (Å²) in [4.78, 5) is 8.94. The SMILES string of the molecule is CNc1cccc(C2CC2)c1OCc1ccco1.NNC=O. The van der Waals surface area contributed by atoms with Crippen LogP contribution in [0.4, 0.5) is 5.69 Å². The molecule has 22 heavy (non-hydrogen) atoms. The van der Waals surface area contributed by atoms with Crippen molar-refractivity contribution in [3.63, 3.8) is 0 Å². The average Bonchev–Trinajstić information content (AvgIpc) is 3.28. The van der Waals surface area contributed by atoms with E-state index in [1.54, 1.807) is 11.7 Å². The Morgan fingerprint density at radius 1 is 1.36 bits per heavy atom. The largest absolute Gasteiger partial charge is 0.483 e. The average molecular weight is 303 g/mol. The van der Waals surface area contributed by atoms with E-state index in [1.807, 2.05) is 25.2 Å². The van der Waals surface area contributed by atoms with Gasteiger partial charge >= 0.3 is 0 Å². The first-order valence-corrected chi connectivity index (χ1v) is 7.15. The van der Waals surface area contributed by atoms with Crippen LogP contribution in [0.1, 0.15) is 30.1 Å². The fourth-order valence-electron chi connectivity index (χ4n) is 2.17. The highest BCUT2D eigenvalue weighted by molar-refractivity contribution is 5.61. The molecule has 4 N–H and O–H groups in total. The molecular formula is C16H21N3O3. The lowest BCUT2D eigenvalue weighted by atomic mass is 10.1. The Kier molecular flexibility index (Phi) is 5.85. The summed E-state index contributed by atoms with van der Waals surface area (Å²) in [5.74, 6) is 6.90. The number of amides is 1. The van der Waals surface area contributed by atoms with Crippen molar-refractivity contribution < 1.29 is 13.9 Å². The molecule has 1 aromatic carbocycles. The van der Waals surface area contributed by atoms with E-state index < -0.39 is 0 Å². The highest BCUT2D eigenvalue weighted by atomic mass is 16.5. The van der Waals surface area contributed by atoms with E-state index in [0.717, 1.165) is 17.2 Å². The number of hydrogen-bond donors (Lipinski definition) is 3. The van der Waals surface area contributed by atoms with Crippen LogP contribution in [-0.4, -0.2) is 13.5 Å². The van der Waals surface area contributed by atoms with Crippen LogP contribution in [0, 0.1) is 0 Å². The number of nitrogens with one attached hydrogen (secondary N) is 2. The van der Waals surface area contributed by atoms with E-state index in [0.29, 0.717) is 18.9 Å². The summed E-state index contributed by atoms with van der Waals surface area (Å²) >= 11 is 0. The van der Waals surface area contributed by atoms with Crippen LogP contribution < -0.4 is 21.3 Å². The van der Waals surface area contributed by atoms with Crippen molar-refractivity contribution in [1.29, 1.82) is 0 Å². The first kappa shape index (κ1) is 15.9. The number of hydrogen-bond acceptors (Lipinski definition) is 5. The highest BCUT2D eigenvalue weighted by Crippen LogP contribution is 2.46. The molecule has 2 aromatic rings. The third kappa shape index (κ3) is 4.26. The van der Waals surface area contributed by atoms with E-state index in [4.69, 9.17) is 13.9 Å². The van der Waals surface area contributed by atoms with Crippen molar-refractivity contribution in [3.8, 4) is 5.75 Å². The van der Waals surface area contributed by atoms with Gasteiger partial charge in [-0.2, -0.15) is 0 Å². The van der Waals surface area contributed by atoms with Crippen molar-refractivity contribution in [1.82, 2.24) is 5.43 Å². The third-order valence-corrected chi connectivity index (χ3v) is 3.34. The number of para-hydroxylation sites is 1. The molecule has 3 rings (SSSR count). The summed E-state index contributed by atoms with van der Waals surface area (Å²) < 4.78 is 11.2. The number of ether oxygens (including phenoxy) is 1. The van der Waals surface area contributed by atoms with Gasteiger partial charge < -0.3 is 14.5 Å². The molecule has 1 fully saturated rings. The Morgan fingerprint density at radius 3 is 2.68 bits per heavy atom. The maximum atomic E-state index is 8.94. The van der Waals surface area contributed by atoms with E-state index in [-0.39, 0.29) is 0 Å². The van der Waals surface area contributed by atoms with E-state index in [9.17, 15) is 0 Å². The number of nitrogens with two attached hydrogens (primary N) is 1. The van der Waals surface area contributed by atoms with E-state index in [2.05, 4.69) is 23.3 Å². The molecule has 0 aliphatic heterocycles. The molecule has 1 aromatic heterocycles. The number of hydrazine groups is 1. The Morgan fingerprint density at radius 2 is 2.14 bits per heavy atom. The van der Waals surface area contributed by atoms with Crippen LogP contribution in [0.25, 0.3) is 0 Å². The number of rotatable bonds is 6. The molecule has 6 heteroatoms. The minimum atomic E-state index is 0.403. The zero-order chi connectivity index (χ0) is 15.8. The van der Waals surface area contributed by atoms with Crippen molar-refractivity contribution in [2.75, 3.05) is 12.4 Å². The third-order valence-electron chi connectivity index (χ3n) is 3.34. The Balaban J connectivity index is 0.000000396. The fraction of sp³-hybridized carbons (Fsp3) is 0.312. The Bertz CT molecular complexity index is 580. The van der Waals surface area contributed by atoms with Crippen molar-refractivity contribution in [2.45, 2.75) is 25.4 Å². The van der Waals surface area contributed by atoms with Gasteiger partial charge in [-0.1, -0.05) is 12.1 Å². The normalized spacial score (nSPS) is 12.8. The summed E-state index contributed by atoms with van der Waals surface area (Å²) in [5.41, 5.74) is 4.11. The molecule has 1 aliphatic carbocycles. The van der Waals surface area contributed by atoms with Crippen molar-refractivity contribution in [2.24, 2.45) is 5.84 Å². The first-order valence-electron chi connectivity index (χ1n) is 7.15. The molecule has 0 spiro atoms. The van der Waals surface area contributed by atoms with Crippen LogP contribution in [0.5, 0.6) is 5.75 Å². The fourth-order valence-corrected chi connectivity index (χ4v) is 2.17. The summed E-state index contributed by atoms with van der Waals surface area (Å²) in [7, 11) is 1.92. The second-order valence-electron chi connectivity index (χ2n) is 4.90. The van der Waals surface area contributed by atoms with Gasteiger partial charge in [0.1, 0.15) is 18.1 Å². The predicted molar refractivity (Wildman–Crippen MR) is 84.4 cm³/mol. The monoisotopic (exact) mass is 303 g/mol. The molecule has 1 saturated carbocycles. The van der Waals surface area contributed by atoms with Gasteiger partial charge in [-0.25, -0.2) is 5.84 Å². The molecule has 0 unspecified atom stereocenters. The van der Waals surface area contributed by atoms with E-state index in [1.165, 1.54) is 18.4 Å². The van der Waals surface area contributed by atoms with Gasteiger partial charge in [0.05, 0.1) is 12.0 Å². The van der Waals surface area contributed by atoms with Gasteiger partial charge in [0.2, 0.25) is 6.41 Å².